The molecule has 2 aromatic rings. The number of likely N-dealkylation sites (N-methyl/N-ethyl adjacent to an activating group) is 1. The fraction of sp³-hybridized carbons (Fsp3) is 0.552. The molecule has 40 heavy (non-hydrogen) atoms. The lowest BCUT2D eigenvalue weighted by Crippen LogP contribution is -2.45. The van der Waals surface area contributed by atoms with Gasteiger partial charge in [-0.2, -0.15) is 0 Å². The van der Waals surface area contributed by atoms with Gasteiger partial charge in [0.15, 0.2) is 0 Å². The fourth-order valence-corrected chi connectivity index (χ4v) is 5.56. The smallest absolute Gasteiger partial charge is 0.238 e. The minimum atomic E-state index is -0.586. The molecule has 2 N–H and O–H groups in total. The van der Waals surface area contributed by atoms with Crippen LogP contribution in [0.15, 0.2) is 29.5 Å². The summed E-state index contributed by atoms with van der Waals surface area (Å²) in [7, 11) is 6.17. The zero-order valence-electron chi connectivity index (χ0n) is 23.9. The Morgan fingerprint density at radius 1 is 0.875 bits per heavy atom. The Morgan fingerprint density at radius 3 is 2.50 bits per heavy atom. The minimum absolute atomic E-state index is 0.163. The Labute approximate surface area is 236 Å². The van der Waals surface area contributed by atoms with Gasteiger partial charge in [-0.1, -0.05) is 0 Å². The highest BCUT2D eigenvalue weighted by Gasteiger charge is 2.33. The van der Waals surface area contributed by atoms with E-state index in [0.717, 1.165) is 64.2 Å². The lowest BCUT2D eigenvalue weighted by molar-refractivity contribution is -0.130. The van der Waals surface area contributed by atoms with E-state index in [1.54, 1.807) is 6.21 Å². The van der Waals surface area contributed by atoms with Crippen molar-refractivity contribution in [1.29, 1.82) is 0 Å². The predicted octanol–water partition coefficient (Wildman–Crippen LogP) is 2.54. The molecule has 2 amide bonds. The number of aromatic nitrogens is 2. The van der Waals surface area contributed by atoms with Crippen LogP contribution in [0.25, 0.3) is 0 Å². The molecule has 0 radical (unpaired) electrons. The van der Waals surface area contributed by atoms with E-state index in [9.17, 15) is 9.59 Å². The predicted molar refractivity (Wildman–Crippen MR) is 159 cm³/mol. The van der Waals surface area contributed by atoms with Gasteiger partial charge in [0.2, 0.25) is 11.8 Å². The van der Waals surface area contributed by atoms with Crippen LogP contribution < -0.4 is 15.5 Å². The number of aliphatic imine (C=N–C) groups is 1. The van der Waals surface area contributed by atoms with Crippen LogP contribution >= 0.6 is 0 Å². The van der Waals surface area contributed by atoms with Crippen LogP contribution in [0.5, 0.6) is 0 Å². The first kappa shape index (κ1) is 28.0. The number of carbonyl (C=O) groups excluding carboxylic acids is 2. The van der Waals surface area contributed by atoms with Crippen molar-refractivity contribution in [3.8, 4) is 0 Å². The van der Waals surface area contributed by atoms with Crippen molar-refractivity contribution in [3.05, 3.63) is 35.7 Å². The van der Waals surface area contributed by atoms with Crippen molar-refractivity contribution < 1.29 is 9.59 Å². The van der Waals surface area contributed by atoms with Crippen molar-refractivity contribution in [1.82, 2.24) is 24.7 Å². The van der Waals surface area contributed by atoms with Gasteiger partial charge < -0.3 is 30.2 Å². The summed E-state index contributed by atoms with van der Waals surface area (Å²) in [5, 5.41) is 6.22. The lowest BCUT2D eigenvalue weighted by Gasteiger charge is -2.35. The Balaban J connectivity index is 1.45. The van der Waals surface area contributed by atoms with Crippen molar-refractivity contribution in [3.63, 3.8) is 0 Å². The zero-order chi connectivity index (χ0) is 28.1. The van der Waals surface area contributed by atoms with Gasteiger partial charge in [0.1, 0.15) is 23.9 Å². The highest BCUT2D eigenvalue weighted by Crippen LogP contribution is 2.35. The molecule has 1 atom stereocenters. The van der Waals surface area contributed by atoms with E-state index in [0.29, 0.717) is 36.7 Å². The van der Waals surface area contributed by atoms with Gasteiger partial charge in [-0.25, -0.2) is 9.97 Å². The van der Waals surface area contributed by atoms with Crippen LogP contribution in [0.1, 0.15) is 42.7 Å². The molecule has 1 aromatic heterocycles. The summed E-state index contributed by atoms with van der Waals surface area (Å²) in [5.41, 5.74) is 3.98. The van der Waals surface area contributed by atoms with Crippen LogP contribution in [-0.4, -0.2) is 110 Å². The average Bonchev–Trinajstić information content (AvgIpc) is 3.27. The van der Waals surface area contributed by atoms with Gasteiger partial charge >= 0.3 is 0 Å². The number of piperazine rings is 1. The molecule has 1 fully saturated rings. The second-order valence-electron chi connectivity index (χ2n) is 11.1. The van der Waals surface area contributed by atoms with Crippen LogP contribution in [-0.2, 0) is 16.1 Å². The minimum Gasteiger partial charge on any atom is -0.370 e. The summed E-state index contributed by atoms with van der Waals surface area (Å²) in [6, 6.07) is 6.35. The number of benzene rings is 1. The van der Waals surface area contributed by atoms with E-state index < -0.39 is 5.92 Å². The molecule has 0 saturated carbocycles. The third-order valence-electron chi connectivity index (χ3n) is 8.01. The maximum absolute atomic E-state index is 12.9. The van der Waals surface area contributed by atoms with Crippen molar-refractivity contribution in [2.45, 2.75) is 38.1 Å². The SMILES string of the molecule is CN1CCN(c2ccc3cc2CN(C)CCCCC(=O)N(C)CCCNc2ncnc4c2C(C=N3)C(=O)N4)CC1. The fourth-order valence-electron chi connectivity index (χ4n) is 5.56. The van der Waals surface area contributed by atoms with E-state index in [2.05, 4.69) is 61.5 Å². The van der Waals surface area contributed by atoms with Crippen LogP contribution in [0, 0.1) is 0 Å². The molecule has 1 aromatic carbocycles. The number of rotatable bonds is 1. The summed E-state index contributed by atoms with van der Waals surface area (Å²) < 4.78 is 0. The van der Waals surface area contributed by atoms with Crippen LogP contribution in [0.3, 0.4) is 0 Å². The maximum atomic E-state index is 12.9. The van der Waals surface area contributed by atoms with Crippen molar-refractivity contribution in [2.24, 2.45) is 4.99 Å². The molecule has 0 spiro atoms. The van der Waals surface area contributed by atoms with E-state index in [4.69, 9.17) is 4.99 Å². The Morgan fingerprint density at radius 2 is 1.68 bits per heavy atom. The number of nitrogens with one attached hydrogen (secondary N) is 2. The standard InChI is InChI=1S/C29H41N9O2/c1-35-13-15-38(16-14-35)24-9-8-22-17-21(24)19-36(2)11-5-4-7-25(39)37(3)12-6-10-30-27-26-23(18-31-22)29(40)34-28(26)33-20-32-27/h8-9,17-18,20,23H,4-7,10-16,19H2,1-3H3,(H2,30,32,33,34,40). The number of hydrogen-bond donors (Lipinski definition) is 2. The largest absolute Gasteiger partial charge is 0.370 e. The Hall–Kier alpha value is -3.57. The first-order valence-corrected chi connectivity index (χ1v) is 14.3. The highest BCUT2D eigenvalue weighted by molar-refractivity contribution is 6.13. The molecule has 0 aliphatic carbocycles. The summed E-state index contributed by atoms with van der Waals surface area (Å²) in [5.74, 6) is 0.564. The molecular formula is C29H41N9O2. The molecule has 214 valence electrons. The monoisotopic (exact) mass is 547 g/mol. The summed E-state index contributed by atoms with van der Waals surface area (Å²) >= 11 is 0. The first-order valence-electron chi connectivity index (χ1n) is 14.3. The Bertz CT molecular complexity index is 1240. The normalized spacial score (nSPS) is 22.0. The third kappa shape index (κ3) is 6.59. The number of hydrogen-bond acceptors (Lipinski definition) is 9. The van der Waals surface area contributed by atoms with Crippen molar-refractivity contribution >= 4 is 41.0 Å². The molecule has 5 rings (SSSR count). The van der Waals surface area contributed by atoms with Gasteiger partial charge in [0.05, 0.1) is 11.3 Å². The topological polar surface area (TPSA) is 109 Å². The maximum Gasteiger partial charge on any atom is 0.238 e. The van der Waals surface area contributed by atoms with Crippen LogP contribution in [0.4, 0.5) is 23.0 Å². The molecule has 4 heterocycles. The molecule has 3 aliphatic rings. The van der Waals surface area contributed by atoms with Crippen molar-refractivity contribution in [2.75, 3.05) is 82.5 Å². The summed E-state index contributed by atoms with van der Waals surface area (Å²) in [6.45, 7) is 7.02. The van der Waals surface area contributed by atoms with E-state index in [1.165, 1.54) is 17.6 Å². The molecule has 1 saturated heterocycles. The van der Waals surface area contributed by atoms with E-state index in [1.807, 2.05) is 18.0 Å². The highest BCUT2D eigenvalue weighted by atomic mass is 16.2. The van der Waals surface area contributed by atoms with E-state index >= 15 is 0 Å². The molecule has 11 nitrogen and oxygen atoms in total. The zero-order valence-corrected chi connectivity index (χ0v) is 23.9. The lowest BCUT2D eigenvalue weighted by atomic mass is 10.0. The number of nitrogens with zero attached hydrogens (tertiary/aromatic N) is 7. The van der Waals surface area contributed by atoms with Crippen LogP contribution in [0.2, 0.25) is 0 Å². The third-order valence-corrected chi connectivity index (χ3v) is 8.01. The molecule has 1 unspecified atom stereocenters. The summed E-state index contributed by atoms with van der Waals surface area (Å²) in [4.78, 5) is 48.0. The molecule has 11 heteroatoms. The second-order valence-corrected chi connectivity index (χ2v) is 11.1. The Kier molecular flexibility index (Phi) is 8.91. The summed E-state index contributed by atoms with van der Waals surface area (Å²) in [6.07, 6.45) is 6.33. The van der Waals surface area contributed by atoms with Gasteiger partial charge in [0, 0.05) is 71.2 Å². The first-order chi connectivity index (χ1) is 19.4. The number of carbonyl (C=O) groups is 2. The van der Waals surface area contributed by atoms with Gasteiger partial charge in [-0.3, -0.25) is 14.6 Å². The van der Waals surface area contributed by atoms with Gasteiger partial charge in [-0.05, 0) is 63.7 Å². The van der Waals surface area contributed by atoms with Gasteiger partial charge in [-0.15, -0.1) is 0 Å². The molecular weight excluding hydrogens is 506 g/mol. The molecule has 2 bridgehead atoms. The average molecular weight is 548 g/mol. The second kappa shape index (κ2) is 12.7. The molecule has 3 aliphatic heterocycles. The number of anilines is 3. The van der Waals surface area contributed by atoms with Gasteiger partial charge in [0.25, 0.3) is 0 Å². The number of fused-ring (bicyclic) bond motifs is 2. The van der Waals surface area contributed by atoms with E-state index in [-0.39, 0.29) is 11.8 Å². The quantitative estimate of drug-likeness (QED) is 0.561. The number of amides is 2.